The Bertz CT molecular complexity index is 909. The molecule has 3 rings (SSSR count). The number of amides is 2. The zero-order valence-electron chi connectivity index (χ0n) is 13.9. The first-order valence-corrected chi connectivity index (χ1v) is 8.49. The Kier molecular flexibility index (Phi) is 5.66. The normalized spacial score (nSPS) is 10.2. The molecule has 0 heterocycles. The lowest BCUT2D eigenvalue weighted by atomic mass is 10.1. The van der Waals surface area contributed by atoms with Gasteiger partial charge in [0, 0.05) is 22.0 Å². The van der Waals surface area contributed by atoms with E-state index in [4.69, 9.17) is 11.6 Å². The van der Waals surface area contributed by atoms with E-state index in [2.05, 4.69) is 10.6 Å². The third-order valence-corrected chi connectivity index (χ3v) is 3.97. The van der Waals surface area contributed by atoms with Gasteiger partial charge in [-0.15, -0.1) is 0 Å². The Balaban J connectivity index is 1.63. The van der Waals surface area contributed by atoms with Crippen LogP contribution in [0.4, 0.5) is 11.4 Å². The highest BCUT2D eigenvalue weighted by Crippen LogP contribution is 2.17. The summed E-state index contributed by atoms with van der Waals surface area (Å²) in [5, 5.41) is 6.23. The molecule has 3 aromatic rings. The minimum absolute atomic E-state index is 0.114. The van der Waals surface area contributed by atoms with Crippen LogP contribution >= 0.6 is 11.6 Å². The van der Waals surface area contributed by atoms with Crippen molar-refractivity contribution in [2.24, 2.45) is 0 Å². The van der Waals surface area contributed by atoms with Gasteiger partial charge in [-0.3, -0.25) is 9.59 Å². The molecule has 0 aliphatic rings. The van der Waals surface area contributed by atoms with Gasteiger partial charge < -0.3 is 10.6 Å². The standard InChI is InChI=1S/C21H17ClN2O2/c22-17-11-9-16(10-12-17)21(26)24-19-8-4-7-18(14-19)23-20(25)13-15-5-2-1-3-6-15/h1-12,14H,13H2,(H,23,25)(H,24,26). The second-order valence-electron chi connectivity index (χ2n) is 5.75. The zero-order chi connectivity index (χ0) is 18.4. The molecule has 4 nitrogen and oxygen atoms in total. The molecule has 0 aliphatic heterocycles. The summed E-state index contributed by atoms with van der Waals surface area (Å²) in [6.45, 7) is 0. The molecule has 5 heteroatoms. The van der Waals surface area contributed by atoms with Crippen LogP contribution in [0, 0.1) is 0 Å². The number of carbonyl (C=O) groups excluding carboxylic acids is 2. The molecule has 0 atom stereocenters. The molecule has 2 N–H and O–H groups in total. The van der Waals surface area contributed by atoms with Gasteiger partial charge in [-0.2, -0.15) is 0 Å². The summed E-state index contributed by atoms with van der Waals surface area (Å²) < 4.78 is 0. The third kappa shape index (κ3) is 4.94. The van der Waals surface area contributed by atoms with Crippen LogP contribution in [0.1, 0.15) is 15.9 Å². The van der Waals surface area contributed by atoms with Crippen molar-refractivity contribution in [2.45, 2.75) is 6.42 Å². The van der Waals surface area contributed by atoms with Crippen LogP contribution in [-0.2, 0) is 11.2 Å². The van der Waals surface area contributed by atoms with Crippen LogP contribution in [-0.4, -0.2) is 11.8 Å². The molecule has 0 radical (unpaired) electrons. The SMILES string of the molecule is O=C(Cc1ccccc1)Nc1cccc(NC(=O)c2ccc(Cl)cc2)c1. The van der Waals surface area contributed by atoms with E-state index in [9.17, 15) is 9.59 Å². The molecule has 0 bridgehead atoms. The molecular weight excluding hydrogens is 348 g/mol. The van der Waals surface area contributed by atoms with Crippen molar-refractivity contribution in [2.75, 3.05) is 10.6 Å². The molecule has 3 aromatic carbocycles. The van der Waals surface area contributed by atoms with Crippen molar-refractivity contribution < 1.29 is 9.59 Å². The van der Waals surface area contributed by atoms with Gasteiger partial charge in [-0.25, -0.2) is 0 Å². The molecule has 0 spiro atoms. The molecule has 0 unspecified atom stereocenters. The lowest BCUT2D eigenvalue weighted by Crippen LogP contribution is -2.15. The third-order valence-electron chi connectivity index (χ3n) is 3.72. The maximum Gasteiger partial charge on any atom is 0.255 e. The van der Waals surface area contributed by atoms with E-state index in [1.54, 1.807) is 48.5 Å². The van der Waals surface area contributed by atoms with E-state index in [1.165, 1.54) is 0 Å². The minimum atomic E-state index is -0.241. The predicted molar refractivity (Wildman–Crippen MR) is 105 cm³/mol. The first-order valence-electron chi connectivity index (χ1n) is 8.11. The average Bonchev–Trinajstić information content (AvgIpc) is 2.63. The summed E-state index contributed by atoms with van der Waals surface area (Å²) in [7, 11) is 0. The van der Waals surface area contributed by atoms with Gasteiger partial charge in [0.05, 0.1) is 6.42 Å². The van der Waals surface area contributed by atoms with Gasteiger partial charge in [0.25, 0.3) is 5.91 Å². The topological polar surface area (TPSA) is 58.2 Å². The number of hydrogen-bond acceptors (Lipinski definition) is 2. The van der Waals surface area contributed by atoms with Crippen molar-refractivity contribution in [3.05, 3.63) is 95.0 Å². The molecule has 0 aromatic heterocycles. The fourth-order valence-corrected chi connectivity index (χ4v) is 2.59. The van der Waals surface area contributed by atoms with Crippen molar-refractivity contribution in [1.82, 2.24) is 0 Å². The lowest BCUT2D eigenvalue weighted by molar-refractivity contribution is -0.115. The van der Waals surface area contributed by atoms with Crippen LogP contribution < -0.4 is 10.6 Å². The van der Waals surface area contributed by atoms with Crippen molar-refractivity contribution in [3.63, 3.8) is 0 Å². The van der Waals surface area contributed by atoms with Gasteiger partial charge in [-0.05, 0) is 48.0 Å². The minimum Gasteiger partial charge on any atom is -0.326 e. The first-order chi connectivity index (χ1) is 12.6. The largest absolute Gasteiger partial charge is 0.326 e. The zero-order valence-corrected chi connectivity index (χ0v) is 14.7. The Morgan fingerprint density at radius 1 is 0.769 bits per heavy atom. The van der Waals surface area contributed by atoms with E-state index in [0.717, 1.165) is 5.56 Å². The summed E-state index contributed by atoms with van der Waals surface area (Å²) >= 11 is 5.83. The second kappa shape index (κ2) is 8.32. The second-order valence-corrected chi connectivity index (χ2v) is 6.19. The van der Waals surface area contributed by atoms with E-state index in [0.29, 0.717) is 28.4 Å². The van der Waals surface area contributed by atoms with E-state index >= 15 is 0 Å². The van der Waals surface area contributed by atoms with Gasteiger partial charge in [0.2, 0.25) is 5.91 Å². The number of carbonyl (C=O) groups is 2. The highest BCUT2D eigenvalue weighted by molar-refractivity contribution is 6.30. The van der Waals surface area contributed by atoms with Crippen LogP contribution in [0.2, 0.25) is 5.02 Å². The van der Waals surface area contributed by atoms with E-state index < -0.39 is 0 Å². The van der Waals surface area contributed by atoms with Crippen LogP contribution in [0.5, 0.6) is 0 Å². The molecule has 0 fully saturated rings. The molecule has 0 aliphatic carbocycles. The summed E-state index contributed by atoms with van der Waals surface area (Å²) in [6.07, 6.45) is 0.294. The first kappa shape index (κ1) is 17.7. The summed E-state index contributed by atoms with van der Waals surface area (Å²) in [5.74, 6) is -0.355. The molecule has 26 heavy (non-hydrogen) atoms. The Labute approximate surface area is 156 Å². The maximum absolute atomic E-state index is 12.3. The van der Waals surface area contributed by atoms with Gasteiger partial charge in [0.1, 0.15) is 0 Å². The molecular formula is C21H17ClN2O2. The quantitative estimate of drug-likeness (QED) is 0.684. The summed E-state index contributed by atoms with van der Waals surface area (Å²) in [5.41, 5.74) is 2.67. The van der Waals surface area contributed by atoms with Crippen molar-refractivity contribution in [3.8, 4) is 0 Å². The maximum atomic E-state index is 12.3. The predicted octanol–water partition coefficient (Wildman–Crippen LogP) is 4.77. The van der Waals surface area contributed by atoms with Crippen molar-refractivity contribution >= 4 is 34.8 Å². The van der Waals surface area contributed by atoms with Crippen LogP contribution in [0.3, 0.4) is 0 Å². The number of anilines is 2. The van der Waals surface area contributed by atoms with E-state index in [-0.39, 0.29) is 11.8 Å². The fourth-order valence-electron chi connectivity index (χ4n) is 2.47. The summed E-state index contributed by atoms with van der Waals surface area (Å²) in [6, 6.07) is 23.2. The Hall–Kier alpha value is -3.11. The Morgan fingerprint density at radius 3 is 2.12 bits per heavy atom. The highest BCUT2D eigenvalue weighted by atomic mass is 35.5. The fraction of sp³-hybridized carbons (Fsp3) is 0.0476. The van der Waals surface area contributed by atoms with Crippen LogP contribution in [0.15, 0.2) is 78.9 Å². The van der Waals surface area contributed by atoms with Crippen LogP contribution in [0.25, 0.3) is 0 Å². The smallest absolute Gasteiger partial charge is 0.255 e. The number of nitrogens with one attached hydrogen (secondary N) is 2. The molecule has 0 saturated heterocycles. The van der Waals surface area contributed by atoms with Gasteiger partial charge >= 0.3 is 0 Å². The number of halogens is 1. The van der Waals surface area contributed by atoms with Crippen molar-refractivity contribution in [1.29, 1.82) is 0 Å². The summed E-state index contributed by atoms with van der Waals surface area (Å²) in [4.78, 5) is 24.4. The monoisotopic (exact) mass is 364 g/mol. The highest BCUT2D eigenvalue weighted by Gasteiger charge is 2.08. The van der Waals surface area contributed by atoms with E-state index in [1.807, 2.05) is 30.3 Å². The lowest BCUT2D eigenvalue weighted by Gasteiger charge is -2.09. The van der Waals surface area contributed by atoms with Gasteiger partial charge in [0.15, 0.2) is 0 Å². The Morgan fingerprint density at radius 2 is 1.42 bits per heavy atom. The number of benzene rings is 3. The average molecular weight is 365 g/mol. The molecule has 2 amide bonds. The molecule has 0 saturated carbocycles. The molecule has 130 valence electrons. The van der Waals surface area contributed by atoms with Gasteiger partial charge in [-0.1, -0.05) is 48.0 Å². The number of rotatable bonds is 5. The number of hydrogen-bond donors (Lipinski definition) is 2.